The van der Waals surface area contributed by atoms with Crippen molar-refractivity contribution in [2.45, 2.75) is 25.8 Å². The summed E-state index contributed by atoms with van der Waals surface area (Å²) in [5, 5.41) is 7.04. The van der Waals surface area contributed by atoms with Gasteiger partial charge in [0.15, 0.2) is 0 Å². The summed E-state index contributed by atoms with van der Waals surface area (Å²) in [6, 6.07) is 0.281. The number of rotatable bonds is 2. The maximum absolute atomic E-state index is 5.79. The Morgan fingerprint density at radius 3 is 3.08 bits per heavy atom. The number of hydrogen-bond acceptors (Lipinski definition) is 4. The second kappa shape index (κ2) is 3.33. The minimum atomic E-state index is 0.281. The highest BCUT2D eigenvalue weighted by Gasteiger charge is 2.21. The first-order chi connectivity index (χ1) is 6.29. The molecule has 2 rings (SSSR count). The normalized spacial score (nSPS) is 22.6. The number of aryl methyl sites for hydroxylation is 1. The van der Waals surface area contributed by atoms with Gasteiger partial charge in [0.1, 0.15) is 5.82 Å². The summed E-state index contributed by atoms with van der Waals surface area (Å²) < 4.78 is 0. The molecule has 1 saturated heterocycles. The highest BCUT2D eigenvalue weighted by molar-refractivity contribution is 5.31. The number of nitrogens with two attached hydrogens (primary N) is 1. The van der Waals surface area contributed by atoms with E-state index in [1.807, 2.05) is 0 Å². The molecule has 13 heavy (non-hydrogen) atoms. The third-order valence-electron chi connectivity index (χ3n) is 2.36. The minimum Gasteiger partial charge on any atom is -0.338 e. The standard InChI is InChI=1S/C8H15N5/c1-2-7-10-8(12-11-7)13-4-3-6(9)5-13/h6H,2-5,9H2,1H3,(H,10,11,12). The van der Waals surface area contributed by atoms with Gasteiger partial charge >= 0.3 is 0 Å². The molecule has 0 saturated carbocycles. The first kappa shape index (κ1) is 8.50. The monoisotopic (exact) mass is 181 g/mol. The molecule has 0 aromatic carbocycles. The molecule has 1 aliphatic rings. The molecule has 1 atom stereocenters. The molecule has 3 N–H and O–H groups in total. The fraction of sp³-hybridized carbons (Fsp3) is 0.750. The van der Waals surface area contributed by atoms with E-state index in [1.165, 1.54) is 0 Å². The van der Waals surface area contributed by atoms with Crippen molar-refractivity contribution in [3.63, 3.8) is 0 Å². The summed E-state index contributed by atoms with van der Waals surface area (Å²) in [7, 11) is 0. The lowest BCUT2D eigenvalue weighted by Crippen LogP contribution is -2.26. The zero-order valence-corrected chi connectivity index (χ0v) is 7.82. The summed E-state index contributed by atoms with van der Waals surface area (Å²) in [5.41, 5.74) is 5.79. The van der Waals surface area contributed by atoms with E-state index in [-0.39, 0.29) is 6.04 Å². The van der Waals surface area contributed by atoms with Crippen LogP contribution < -0.4 is 10.6 Å². The molecular formula is C8H15N5. The van der Waals surface area contributed by atoms with Crippen LogP contribution in [-0.2, 0) is 6.42 Å². The van der Waals surface area contributed by atoms with Crippen molar-refractivity contribution < 1.29 is 0 Å². The first-order valence-corrected chi connectivity index (χ1v) is 4.71. The number of anilines is 1. The number of nitrogens with one attached hydrogen (secondary N) is 1. The van der Waals surface area contributed by atoms with Crippen LogP contribution in [0.2, 0.25) is 0 Å². The van der Waals surface area contributed by atoms with Crippen LogP contribution in [0, 0.1) is 0 Å². The Kier molecular flexibility index (Phi) is 2.18. The van der Waals surface area contributed by atoms with E-state index in [2.05, 4.69) is 27.0 Å². The van der Waals surface area contributed by atoms with Gasteiger partial charge in [0.2, 0.25) is 5.95 Å². The second-order valence-electron chi connectivity index (χ2n) is 3.43. The Labute approximate surface area is 77.3 Å². The Hall–Kier alpha value is -1.10. The number of aromatic amines is 1. The summed E-state index contributed by atoms with van der Waals surface area (Å²) >= 11 is 0. The number of H-pyrrole nitrogens is 1. The van der Waals surface area contributed by atoms with E-state index in [1.54, 1.807) is 0 Å². The van der Waals surface area contributed by atoms with Gasteiger partial charge in [-0.1, -0.05) is 6.92 Å². The molecular weight excluding hydrogens is 166 g/mol. The van der Waals surface area contributed by atoms with Crippen molar-refractivity contribution in [1.29, 1.82) is 0 Å². The topological polar surface area (TPSA) is 70.8 Å². The van der Waals surface area contributed by atoms with Crippen molar-refractivity contribution in [2.75, 3.05) is 18.0 Å². The smallest absolute Gasteiger partial charge is 0.244 e. The Morgan fingerprint density at radius 2 is 2.54 bits per heavy atom. The molecule has 0 radical (unpaired) electrons. The molecule has 1 unspecified atom stereocenters. The van der Waals surface area contributed by atoms with Gasteiger partial charge in [-0.25, -0.2) is 0 Å². The van der Waals surface area contributed by atoms with Crippen LogP contribution in [-0.4, -0.2) is 34.3 Å². The molecule has 72 valence electrons. The van der Waals surface area contributed by atoms with Crippen LogP contribution in [0.25, 0.3) is 0 Å². The average Bonchev–Trinajstić information content (AvgIpc) is 2.71. The first-order valence-electron chi connectivity index (χ1n) is 4.71. The van der Waals surface area contributed by atoms with E-state index in [4.69, 9.17) is 5.73 Å². The molecule has 0 bridgehead atoms. The van der Waals surface area contributed by atoms with Gasteiger partial charge in [-0.3, -0.25) is 5.10 Å². The Morgan fingerprint density at radius 1 is 1.69 bits per heavy atom. The van der Waals surface area contributed by atoms with E-state index >= 15 is 0 Å². The van der Waals surface area contributed by atoms with Crippen LogP contribution in [0.4, 0.5) is 5.95 Å². The molecule has 1 aromatic rings. The van der Waals surface area contributed by atoms with E-state index < -0.39 is 0 Å². The molecule has 1 aromatic heterocycles. The fourth-order valence-corrected chi connectivity index (χ4v) is 1.55. The van der Waals surface area contributed by atoms with Crippen LogP contribution in [0.3, 0.4) is 0 Å². The summed E-state index contributed by atoms with van der Waals surface area (Å²) in [6.45, 7) is 3.91. The second-order valence-corrected chi connectivity index (χ2v) is 3.43. The van der Waals surface area contributed by atoms with Gasteiger partial charge in [0.05, 0.1) is 0 Å². The molecule has 0 aliphatic carbocycles. The SMILES string of the molecule is CCc1nc(N2CCC(N)C2)n[nH]1. The van der Waals surface area contributed by atoms with E-state index in [9.17, 15) is 0 Å². The van der Waals surface area contributed by atoms with Gasteiger partial charge < -0.3 is 10.6 Å². The number of hydrogen-bond donors (Lipinski definition) is 2. The third kappa shape index (κ3) is 1.65. The van der Waals surface area contributed by atoms with Crippen molar-refractivity contribution in [2.24, 2.45) is 5.73 Å². The predicted octanol–water partition coefficient (Wildman–Crippen LogP) is -0.0955. The molecule has 5 heteroatoms. The molecule has 2 heterocycles. The zero-order valence-electron chi connectivity index (χ0n) is 7.82. The van der Waals surface area contributed by atoms with Gasteiger partial charge in [-0.05, 0) is 6.42 Å². The largest absolute Gasteiger partial charge is 0.338 e. The van der Waals surface area contributed by atoms with Crippen LogP contribution >= 0.6 is 0 Å². The maximum Gasteiger partial charge on any atom is 0.244 e. The molecule has 1 aliphatic heterocycles. The summed E-state index contributed by atoms with van der Waals surface area (Å²) in [4.78, 5) is 6.47. The van der Waals surface area contributed by atoms with Gasteiger partial charge in [0.25, 0.3) is 0 Å². The van der Waals surface area contributed by atoms with Crippen LogP contribution in [0.5, 0.6) is 0 Å². The molecule has 5 nitrogen and oxygen atoms in total. The van der Waals surface area contributed by atoms with Gasteiger partial charge in [0, 0.05) is 25.6 Å². The molecule has 1 fully saturated rings. The van der Waals surface area contributed by atoms with Crippen molar-refractivity contribution in [3.8, 4) is 0 Å². The lowest BCUT2D eigenvalue weighted by molar-refractivity contribution is 0.750. The number of aromatic nitrogens is 3. The number of nitrogens with zero attached hydrogens (tertiary/aromatic N) is 3. The minimum absolute atomic E-state index is 0.281. The van der Waals surface area contributed by atoms with Crippen molar-refractivity contribution in [1.82, 2.24) is 15.2 Å². The van der Waals surface area contributed by atoms with Gasteiger partial charge in [-0.2, -0.15) is 4.98 Å². The van der Waals surface area contributed by atoms with Crippen LogP contribution in [0.1, 0.15) is 19.2 Å². The summed E-state index contributed by atoms with van der Waals surface area (Å²) in [5.74, 6) is 1.74. The third-order valence-corrected chi connectivity index (χ3v) is 2.36. The fourth-order valence-electron chi connectivity index (χ4n) is 1.55. The van der Waals surface area contributed by atoms with E-state index in [0.717, 1.165) is 37.7 Å². The van der Waals surface area contributed by atoms with E-state index in [0.29, 0.717) is 0 Å². The zero-order chi connectivity index (χ0) is 9.26. The highest BCUT2D eigenvalue weighted by Crippen LogP contribution is 2.14. The lowest BCUT2D eigenvalue weighted by atomic mass is 10.3. The lowest BCUT2D eigenvalue weighted by Gasteiger charge is -2.11. The van der Waals surface area contributed by atoms with Gasteiger partial charge in [-0.15, -0.1) is 5.10 Å². The van der Waals surface area contributed by atoms with Crippen LogP contribution in [0.15, 0.2) is 0 Å². The molecule has 0 amide bonds. The summed E-state index contributed by atoms with van der Waals surface area (Å²) in [6.07, 6.45) is 1.93. The van der Waals surface area contributed by atoms with Crippen molar-refractivity contribution >= 4 is 5.95 Å². The maximum atomic E-state index is 5.79. The molecule has 0 spiro atoms. The predicted molar refractivity (Wildman–Crippen MR) is 50.6 cm³/mol. The Balaban J connectivity index is 2.08. The average molecular weight is 181 g/mol. The van der Waals surface area contributed by atoms with Crippen molar-refractivity contribution in [3.05, 3.63) is 5.82 Å². The highest BCUT2D eigenvalue weighted by atomic mass is 15.4. The quantitative estimate of drug-likeness (QED) is 0.668. The Bertz CT molecular complexity index is 282.